The zero-order valence-electron chi connectivity index (χ0n) is 66.3. The average Bonchev–Trinajstić information content (AvgIpc) is 1.08. The van der Waals surface area contributed by atoms with E-state index in [1.54, 1.807) is 0 Å². The van der Waals surface area contributed by atoms with Gasteiger partial charge in [-0.3, -0.25) is 9.59 Å². The number of carboxylic acid groups (broad SMARTS) is 1. The van der Waals surface area contributed by atoms with Gasteiger partial charge in [-0.25, -0.2) is 4.79 Å². The quantitative estimate of drug-likeness (QED) is 0.0211. The number of aliphatic carboxylic acids is 1. The Bertz CT molecular complexity index is 2020. The largest absolute Gasteiger partial charge is 0.477 e. The maximum Gasteiger partial charge on any atom is 0.361 e. The lowest BCUT2D eigenvalue weighted by Gasteiger charge is -2.25. The van der Waals surface area contributed by atoms with Gasteiger partial charge >= 0.3 is 17.9 Å². The van der Waals surface area contributed by atoms with Crippen LogP contribution in [0, 0.1) is 0 Å². The van der Waals surface area contributed by atoms with Crippen LogP contribution in [0.3, 0.4) is 0 Å². The molecule has 9 nitrogen and oxygen atoms in total. The minimum atomic E-state index is -1.52. The van der Waals surface area contributed by atoms with Crippen molar-refractivity contribution in [3.63, 3.8) is 0 Å². The van der Waals surface area contributed by atoms with Crippen LogP contribution in [0.15, 0.2) is 109 Å². The number of esters is 2. The molecule has 0 saturated carbocycles. The molecule has 0 rings (SSSR count). The number of carbonyl (C=O) groups is 3. The van der Waals surface area contributed by atoms with Crippen molar-refractivity contribution in [3.05, 3.63) is 109 Å². The molecule has 100 heavy (non-hydrogen) atoms. The highest BCUT2D eigenvalue weighted by atomic mass is 16.7. The van der Waals surface area contributed by atoms with Crippen LogP contribution in [0.25, 0.3) is 0 Å². The lowest BCUT2D eigenvalue weighted by molar-refractivity contribution is -0.870. The Morgan fingerprint density at radius 1 is 0.310 bits per heavy atom. The lowest BCUT2D eigenvalue weighted by atomic mass is 10.0. The fraction of sp³-hybridized carbons (Fsp3) is 0.769. The molecule has 0 bridgehead atoms. The normalized spacial score (nSPS) is 13.2. The molecule has 2 atom stereocenters. The Labute approximate surface area is 619 Å². The summed E-state index contributed by atoms with van der Waals surface area (Å²) < 4.78 is 23.1. The summed E-state index contributed by atoms with van der Waals surface area (Å²) in [5, 5.41) is 9.79. The van der Waals surface area contributed by atoms with E-state index in [9.17, 15) is 19.5 Å². The molecule has 0 heterocycles. The van der Waals surface area contributed by atoms with Crippen molar-refractivity contribution < 1.29 is 42.9 Å². The molecule has 0 radical (unpaired) electrons. The summed E-state index contributed by atoms with van der Waals surface area (Å²) in [5.74, 6) is -1.99. The number of unbranched alkanes of at least 4 members (excludes halogenated alkanes) is 46. The van der Waals surface area contributed by atoms with E-state index in [2.05, 4.69) is 123 Å². The second kappa shape index (κ2) is 80.6. The number of quaternary nitrogens is 1. The zero-order chi connectivity index (χ0) is 72.5. The van der Waals surface area contributed by atoms with E-state index in [0.29, 0.717) is 23.9 Å². The first-order valence-electron chi connectivity index (χ1n) is 42.6. The minimum absolute atomic E-state index is 0.183. The third-order valence-corrected chi connectivity index (χ3v) is 18.8. The van der Waals surface area contributed by atoms with Crippen LogP contribution >= 0.6 is 0 Å². The molecule has 0 amide bonds. The molecule has 0 aromatic carbocycles. The van der Waals surface area contributed by atoms with Crippen LogP contribution in [0.4, 0.5) is 0 Å². The van der Waals surface area contributed by atoms with Gasteiger partial charge in [0.2, 0.25) is 0 Å². The average molecular weight is 1400 g/mol. The first kappa shape index (κ1) is 96.0. The van der Waals surface area contributed by atoms with Crippen LogP contribution in [-0.4, -0.2) is 87.4 Å². The maximum atomic E-state index is 13.0. The number of nitrogens with zero attached hydrogens (tertiary/aromatic N) is 1. The topological polar surface area (TPSA) is 108 Å². The fourth-order valence-corrected chi connectivity index (χ4v) is 12.4. The van der Waals surface area contributed by atoms with Gasteiger partial charge in [0.25, 0.3) is 6.29 Å². The number of rotatable bonds is 79. The minimum Gasteiger partial charge on any atom is -0.477 e. The van der Waals surface area contributed by atoms with E-state index in [-0.39, 0.29) is 32.2 Å². The van der Waals surface area contributed by atoms with Gasteiger partial charge in [0.05, 0.1) is 34.4 Å². The third-order valence-electron chi connectivity index (χ3n) is 18.8. The second-order valence-electron chi connectivity index (χ2n) is 29.8. The highest BCUT2D eigenvalue weighted by molar-refractivity contribution is 5.71. The van der Waals surface area contributed by atoms with Gasteiger partial charge in [-0.05, 0) is 83.5 Å². The van der Waals surface area contributed by atoms with Crippen molar-refractivity contribution in [2.45, 2.75) is 405 Å². The first-order chi connectivity index (χ1) is 49.1. The number of ether oxygens (including phenoxy) is 4. The van der Waals surface area contributed by atoms with E-state index < -0.39 is 24.3 Å². The molecule has 0 spiro atoms. The Kier molecular flexibility index (Phi) is 77.4. The fourth-order valence-electron chi connectivity index (χ4n) is 12.4. The number of hydrogen-bond acceptors (Lipinski definition) is 7. The van der Waals surface area contributed by atoms with Gasteiger partial charge in [0, 0.05) is 12.8 Å². The predicted octanol–water partition coefficient (Wildman–Crippen LogP) is 27.7. The summed E-state index contributed by atoms with van der Waals surface area (Å²) in [6, 6.07) is 0. The van der Waals surface area contributed by atoms with E-state index in [0.717, 1.165) is 103 Å². The van der Waals surface area contributed by atoms with Crippen molar-refractivity contribution in [3.8, 4) is 0 Å². The highest BCUT2D eigenvalue weighted by Gasteiger charge is 2.25. The molecule has 0 fully saturated rings. The van der Waals surface area contributed by atoms with Crippen molar-refractivity contribution in [1.82, 2.24) is 0 Å². The second-order valence-corrected chi connectivity index (χ2v) is 29.8. The highest BCUT2D eigenvalue weighted by Crippen LogP contribution is 2.20. The van der Waals surface area contributed by atoms with E-state index in [4.69, 9.17) is 18.9 Å². The van der Waals surface area contributed by atoms with Crippen LogP contribution in [-0.2, 0) is 33.3 Å². The molecule has 0 aromatic rings. The SMILES string of the molecule is CC/C=C\C/C=C\C/C=C\C/C=C\C/C=C\C/C=C\C/C=C\C/C=C\C/C=C\CCCCCCCCCCCCCC(=O)OC(COC(=O)CCCCCCCCCCCCCCCCCCCCCCCCCCCCCCCCCCCCCC)COC(OCC[N+](C)(C)C)C(=O)O. The Morgan fingerprint density at radius 2 is 0.570 bits per heavy atom. The van der Waals surface area contributed by atoms with Crippen LogP contribution in [0.2, 0.25) is 0 Å². The molecule has 0 aliphatic heterocycles. The number of carboxylic acids is 1. The Hall–Kier alpha value is -4.05. The van der Waals surface area contributed by atoms with Gasteiger partial charge in [-0.2, -0.15) is 0 Å². The smallest absolute Gasteiger partial charge is 0.361 e. The van der Waals surface area contributed by atoms with Gasteiger partial charge in [-0.1, -0.05) is 406 Å². The van der Waals surface area contributed by atoms with Crippen LogP contribution in [0.1, 0.15) is 393 Å². The molecule has 9 heteroatoms. The predicted molar refractivity (Wildman–Crippen MR) is 433 cm³/mol. The molecule has 0 aliphatic rings. The van der Waals surface area contributed by atoms with Gasteiger partial charge in [0.1, 0.15) is 13.2 Å². The third kappa shape index (κ3) is 81.3. The maximum absolute atomic E-state index is 13.0. The van der Waals surface area contributed by atoms with Crippen molar-refractivity contribution in [1.29, 1.82) is 0 Å². The van der Waals surface area contributed by atoms with Crippen molar-refractivity contribution in [2.75, 3.05) is 47.5 Å². The molecule has 2 unspecified atom stereocenters. The molecule has 578 valence electrons. The number of allylic oxidation sites excluding steroid dienone is 18. The summed E-state index contributed by atoms with van der Waals surface area (Å²) >= 11 is 0. The number of carbonyl (C=O) groups excluding carboxylic acids is 2. The summed E-state index contributed by atoms with van der Waals surface area (Å²) in [7, 11) is 5.99. The van der Waals surface area contributed by atoms with E-state index in [1.165, 1.54) is 257 Å². The standard InChI is InChI=1S/C91H161NO8/c1-6-8-10-12-14-16-18-20-22-24-26-28-30-32-34-36-38-40-42-44-45-46-48-50-52-54-56-58-60-62-64-66-68-70-72-74-76-78-80-82-89(94)100-87(86-99-91(90(95)96)97-84-83-92(3,4)5)85-98-88(93)81-79-77-75-73-71-69-67-65-63-61-59-57-55-53-51-49-47-43-41-39-37-35-33-31-29-27-25-23-21-19-17-15-13-11-9-7-2/h8,10,14,16,20,22,26,28,32,34,38,40,44-45,48,50,54,56,87,91H,6-7,9,11-13,15,17-19,21,23-25,27,29-31,33,35-37,39,41-43,46-47,49,51-53,55,57-86H2,1-5H3/p+1/b10-8-,16-14-,22-20-,28-26-,34-32-,40-38-,45-44-,50-48-,56-54-. The molecule has 0 aromatic heterocycles. The zero-order valence-corrected chi connectivity index (χ0v) is 66.3. The molecule has 0 saturated heterocycles. The molecule has 0 aliphatic carbocycles. The van der Waals surface area contributed by atoms with Gasteiger partial charge < -0.3 is 28.5 Å². The van der Waals surface area contributed by atoms with E-state index >= 15 is 0 Å². The molecule has 1 N–H and O–H groups in total. The summed E-state index contributed by atoms with van der Waals surface area (Å²) in [6.45, 7) is 4.81. The van der Waals surface area contributed by atoms with Gasteiger partial charge in [-0.15, -0.1) is 0 Å². The summed E-state index contributed by atoms with van der Waals surface area (Å²) in [4.78, 5) is 37.8. The number of hydrogen-bond donors (Lipinski definition) is 1. The lowest BCUT2D eigenvalue weighted by Crippen LogP contribution is -2.40. The van der Waals surface area contributed by atoms with E-state index in [1.807, 2.05) is 21.1 Å². The van der Waals surface area contributed by atoms with Crippen molar-refractivity contribution in [2.24, 2.45) is 0 Å². The molecular formula is C91H162NO8+. The monoisotopic (exact) mass is 1400 g/mol. The Morgan fingerprint density at radius 3 is 0.850 bits per heavy atom. The van der Waals surface area contributed by atoms with Crippen LogP contribution in [0.5, 0.6) is 0 Å². The Balaban J connectivity index is 4.01. The van der Waals surface area contributed by atoms with Crippen LogP contribution < -0.4 is 0 Å². The molecular weight excluding hydrogens is 1230 g/mol. The van der Waals surface area contributed by atoms with Crippen molar-refractivity contribution >= 4 is 17.9 Å². The van der Waals surface area contributed by atoms with Gasteiger partial charge in [0.15, 0.2) is 6.10 Å². The number of likely N-dealkylation sites (N-methyl/N-ethyl adjacent to an activating group) is 1. The summed E-state index contributed by atoms with van der Waals surface area (Å²) in [6.07, 6.45) is 111. The first-order valence-corrected chi connectivity index (χ1v) is 42.6. The summed E-state index contributed by atoms with van der Waals surface area (Å²) in [5.41, 5.74) is 0.